The number of thioether (sulfide) groups is 1. The summed E-state index contributed by atoms with van der Waals surface area (Å²) in [5.74, 6) is 0.331. The highest BCUT2D eigenvalue weighted by Crippen LogP contribution is 2.28. The molecule has 0 bridgehead atoms. The average Bonchev–Trinajstić information content (AvgIpc) is 2.76. The van der Waals surface area contributed by atoms with Gasteiger partial charge in [-0.2, -0.15) is 0 Å². The van der Waals surface area contributed by atoms with E-state index in [0.29, 0.717) is 5.56 Å². The first kappa shape index (κ1) is 22.4. The van der Waals surface area contributed by atoms with Gasteiger partial charge < -0.3 is 10.1 Å². The summed E-state index contributed by atoms with van der Waals surface area (Å²) in [5, 5.41) is 2.58. The molecule has 6 heteroatoms. The number of hydrogen-bond donors (Lipinski definition) is 1. The van der Waals surface area contributed by atoms with E-state index in [9.17, 15) is 9.59 Å². The SMILES string of the molecule is COC(=O)C(C)Sc1ccccc1C(=O)Nc1ccc(CN2CCC(C)CC2)cc1. The number of ether oxygens (including phenoxy) is 1. The smallest absolute Gasteiger partial charge is 0.318 e. The molecule has 0 saturated carbocycles. The Balaban J connectivity index is 1.61. The summed E-state index contributed by atoms with van der Waals surface area (Å²) in [6.45, 7) is 7.34. The van der Waals surface area contributed by atoms with Crippen LogP contribution in [-0.2, 0) is 16.1 Å². The van der Waals surface area contributed by atoms with Crippen molar-refractivity contribution in [3.8, 4) is 0 Å². The highest BCUT2D eigenvalue weighted by atomic mass is 32.2. The summed E-state index contributed by atoms with van der Waals surface area (Å²) >= 11 is 1.32. The van der Waals surface area contributed by atoms with Crippen LogP contribution in [0.1, 0.15) is 42.6 Å². The van der Waals surface area contributed by atoms with E-state index in [2.05, 4.69) is 29.3 Å². The third-order valence-corrected chi connectivity index (χ3v) is 6.62. The van der Waals surface area contributed by atoms with Crippen molar-refractivity contribution in [1.82, 2.24) is 4.90 Å². The zero-order valence-corrected chi connectivity index (χ0v) is 18.7. The molecule has 0 aromatic heterocycles. The molecule has 1 aliphatic heterocycles. The summed E-state index contributed by atoms with van der Waals surface area (Å²) in [4.78, 5) is 27.8. The maximum atomic E-state index is 12.8. The number of likely N-dealkylation sites (tertiary alicyclic amines) is 1. The molecule has 1 atom stereocenters. The number of amides is 1. The van der Waals surface area contributed by atoms with E-state index in [4.69, 9.17) is 4.74 Å². The Bertz CT molecular complexity index is 861. The minimum Gasteiger partial charge on any atom is -0.468 e. The molecule has 0 aliphatic carbocycles. The normalized spacial score (nSPS) is 16.1. The van der Waals surface area contributed by atoms with Crippen LogP contribution < -0.4 is 5.32 Å². The largest absolute Gasteiger partial charge is 0.468 e. The predicted molar refractivity (Wildman–Crippen MR) is 122 cm³/mol. The van der Waals surface area contributed by atoms with Crippen LogP contribution in [0.2, 0.25) is 0 Å². The number of carbonyl (C=O) groups is 2. The Labute approximate surface area is 183 Å². The maximum Gasteiger partial charge on any atom is 0.318 e. The first-order chi connectivity index (χ1) is 14.5. The van der Waals surface area contributed by atoms with Gasteiger partial charge in [-0.15, -0.1) is 11.8 Å². The molecule has 1 saturated heterocycles. The van der Waals surface area contributed by atoms with E-state index in [-0.39, 0.29) is 17.1 Å². The van der Waals surface area contributed by atoms with E-state index in [1.165, 1.54) is 37.3 Å². The topological polar surface area (TPSA) is 58.6 Å². The molecule has 3 rings (SSSR count). The molecule has 1 aliphatic rings. The monoisotopic (exact) mass is 426 g/mol. The molecule has 1 unspecified atom stereocenters. The van der Waals surface area contributed by atoms with Gasteiger partial charge in [-0.25, -0.2) is 0 Å². The Kier molecular flexibility index (Phi) is 7.94. The molecule has 2 aromatic rings. The van der Waals surface area contributed by atoms with E-state index < -0.39 is 0 Å². The summed E-state index contributed by atoms with van der Waals surface area (Å²) in [7, 11) is 1.37. The lowest BCUT2D eigenvalue weighted by Crippen LogP contribution is -2.32. The van der Waals surface area contributed by atoms with Crippen molar-refractivity contribution in [1.29, 1.82) is 0 Å². The van der Waals surface area contributed by atoms with E-state index >= 15 is 0 Å². The van der Waals surface area contributed by atoms with Gasteiger partial charge in [0.2, 0.25) is 0 Å². The minimum absolute atomic E-state index is 0.187. The molecule has 1 fully saturated rings. The number of methoxy groups -OCH3 is 1. The molecule has 1 N–H and O–H groups in total. The van der Waals surface area contributed by atoms with Gasteiger partial charge in [-0.3, -0.25) is 14.5 Å². The molecular weight excluding hydrogens is 396 g/mol. The van der Waals surface area contributed by atoms with Gasteiger partial charge >= 0.3 is 5.97 Å². The van der Waals surface area contributed by atoms with Crippen LogP contribution in [0.5, 0.6) is 0 Å². The predicted octanol–water partition coefficient (Wildman–Crippen LogP) is 4.82. The summed E-state index contributed by atoms with van der Waals surface area (Å²) in [6, 6.07) is 15.4. The fraction of sp³-hybridized carbons (Fsp3) is 0.417. The van der Waals surface area contributed by atoms with Crippen molar-refractivity contribution >= 4 is 29.3 Å². The Morgan fingerprint density at radius 3 is 2.47 bits per heavy atom. The van der Waals surface area contributed by atoms with Crippen LogP contribution in [0.15, 0.2) is 53.4 Å². The highest BCUT2D eigenvalue weighted by molar-refractivity contribution is 8.00. The van der Waals surface area contributed by atoms with Gasteiger partial charge in [0.25, 0.3) is 5.91 Å². The lowest BCUT2D eigenvalue weighted by molar-refractivity contribution is -0.139. The standard InChI is InChI=1S/C24H30N2O3S/c1-17-12-14-26(15-13-17)16-19-8-10-20(11-9-19)25-23(27)21-6-4-5-7-22(21)30-18(2)24(28)29-3/h4-11,17-18H,12-16H2,1-3H3,(H,25,27). The third kappa shape index (κ3) is 6.09. The Morgan fingerprint density at radius 1 is 1.13 bits per heavy atom. The van der Waals surface area contributed by atoms with Gasteiger partial charge in [0.15, 0.2) is 0 Å². The Hall–Kier alpha value is -2.31. The number of anilines is 1. The van der Waals surface area contributed by atoms with Gasteiger partial charge in [0.1, 0.15) is 5.25 Å². The van der Waals surface area contributed by atoms with Crippen LogP contribution in [-0.4, -0.2) is 42.2 Å². The lowest BCUT2D eigenvalue weighted by Gasteiger charge is -2.30. The van der Waals surface area contributed by atoms with Gasteiger partial charge in [0.05, 0.1) is 12.7 Å². The number of piperidine rings is 1. The Morgan fingerprint density at radius 2 is 1.80 bits per heavy atom. The number of esters is 1. The number of carbonyl (C=O) groups excluding carboxylic acids is 2. The number of rotatable bonds is 7. The van der Waals surface area contributed by atoms with Crippen LogP contribution in [0.25, 0.3) is 0 Å². The fourth-order valence-electron chi connectivity index (χ4n) is 3.53. The molecule has 2 aromatic carbocycles. The van der Waals surface area contributed by atoms with Gasteiger partial charge in [0, 0.05) is 17.1 Å². The first-order valence-corrected chi connectivity index (χ1v) is 11.3. The van der Waals surface area contributed by atoms with Crippen LogP contribution in [0, 0.1) is 5.92 Å². The second-order valence-electron chi connectivity index (χ2n) is 7.89. The van der Waals surface area contributed by atoms with Crippen molar-refractivity contribution in [2.75, 3.05) is 25.5 Å². The van der Waals surface area contributed by atoms with Crippen LogP contribution in [0.4, 0.5) is 5.69 Å². The van der Waals surface area contributed by atoms with Crippen LogP contribution in [0.3, 0.4) is 0 Å². The van der Waals surface area contributed by atoms with E-state index in [1.807, 2.05) is 30.3 Å². The van der Waals surface area contributed by atoms with Crippen molar-refractivity contribution in [2.45, 2.75) is 43.4 Å². The third-order valence-electron chi connectivity index (χ3n) is 5.46. The molecule has 160 valence electrons. The molecule has 30 heavy (non-hydrogen) atoms. The summed E-state index contributed by atoms with van der Waals surface area (Å²) in [6.07, 6.45) is 2.53. The molecule has 0 spiro atoms. The number of benzene rings is 2. The van der Waals surface area contributed by atoms with Crippen molar-refractivity contribution < 1.29 is 14.3 Å². The summed E-state index contributed by atoms with van der Waals surface area (Å²) in [5.41, 5.74) is 2.56. The number of nitrogens with one attached hydrogen (secondary N) is 1. The van der Waals surface area contributed by atoms with Crippen molar-refractivity contribution in [2.24, 2.45) is 5.92 Å². The fourth-order valence-corrected chi connectivity index (χ4v) is 4.55. The van der Waals surface area contributed by atoms with Gasteiger partial charge in [-0.05, 0) is 68.6 Å². The number of nitrogens with zero attached hydrogens (tertiary/aromatic N) is 1. The molecule has 0 radical (unpaired) electrons. The second-order valence-corrected chi connectivity index (χ2v) is 9.27. The zero-order chi connectivity index (χ0) is 21.5. The molecule has 5 nitrogen and oxygen atoms in total. The zero-order valence-electron chi connectivity index (χ0n) is 17.9. The van der Waals surface area contributed by atoms with Crippen LogP contribution >= 0.6 is 11.8 Å². The maximum absolute atomic E-state index is 12.8. The minimum atomic E-state index is -0.388. The first-order valence-electron chi connectivity index (χ1n) is 10.4. The quantitative estimate of drug-likeness (QED) is 0.508. The highest BCUT2D eigenvalue weighted by Gasteiger charge is 2.19. The van der Waals surface area contributed by atoms with Crippen molar-refractivity contribution in [3.63, 3.8) is 0 Å². The summed E-state index contributed by atoms with van der Waals surface area (Å²) < 4.78 is 4.79. The molecular formula is C24H30N2O3S. The molecule has 1 amide bonds. The molecule has 1 heterocycles. The van der Waals surface area contributed by atoms with Crippen molar-refractivity contribution in [3.05, 3.63) is 59.7 Å². The van der Waals surface area contributed by atoms with Gasteiger partial charge in [-0.1, -0.05) is 31.2 Å². The lowest BCUT2D eigenvalue weighted by atomic mass is 9.99. The number of hydrogen-bond acceptors (Lipinski definition) is 5. The second kappa shape index (κ2) is 10.6. The van der Waals surface area contributed by atoms with E-state index in [0.717, 1.165) is 36.1 Å². The average molecular weight is 427 g/mol. The van der Waals surface area contributed by atoms with E-state index in [1.54, 1.807) is 13.0 Å².